The van der Waals surface area contributed by atoms with Crippen molar-refractivity contribution < 1.29 is 9.53 Å². The van der Waals surface area contributed by atoms with Gasteiger partial charge in [-0.1, -0.05) is 12.1 Å². The molecular weight excluding hydrogens is 240 g/mol. The Morgan fingerprint density at radius 2 is 2.11 bits per heavy atom. The number of hydrogen-bond acceptors (Lipinski definition) is 3. The van der Waals surface area contributed by atoms with E-state index in [1.807, 2.05) is 29.2 Å². The van der Waals surface area contributed by atoms with Gasteiger partial charge in [0.25, 0.3) is 0 Å². The maximum atomic E-state index is 12.4. The molecule has 0 aromatic heterocycles. The quantitative estimate of drug-likeness (QED) is 0.896. The van der Waals surface area contributed by atoms with Crippen LogP contribution in [0.1, 0.15) is 18.9 Å². The summed E-state index contributed by atoms with van der Waals surface area (Å²) in [6, 6.07) is 8.03. The molecule has 1 aliphatic rings. The number of hydrogen-bond donors (Lipinski definition) is 1. The second kappa shape index (κ2) is 6.57. The first-order chi connectivity index (χ1) is 9.20. The molecule has 1 amide bonds. The first-order valence-corrected chi connectivity index (χ1v) is 6.84. The Kier molecular flexibility index (Phi) is 4.80. The molecule has 1 atom stereocenters. The van der Waals surface area contributed by atoms with E-state index in [4.69, 9.17) is 4.74 Å². The van der Waals surface area contributed by atoms with Crippen molar-refractivity contribution >= 4 is 5.91 Å². The predicted octanol–water partition coefficient (Wildman–Crippen LogP) is 1.45. The molecule has 0 radical (unpaired) electrons. The third-order valence-corrected chi connectivity index (χ3v) is 3.64. The molecule has 1 N–H and O–H groups in total. The molecular formula is C15H22N2O2. The number of amides is 1. The van der Waals surface area contributed by atoms with Gasteiger partial charge >= 0.3 is 0 Å². The van der Waals surface area contributed by atoms with E-state index in [0.717, 1.165) is 37.4 Å². The fourth-order valence-corrected chi connectivity index (χ4v) is 2.40. The zero-order valence-electron chi connectivity index (χ0n) is 11.7. The van der Waals surface area contributed by atoms with Gasteiger partial charge in [0.2, 0.25) is 5.91 Å². The summed E-state index contributed by atoms with van der Waals surface area (Å²) in [5.74, 6) is 1.03. The van der Waals surface area contributed by atoms with Gasteiger partial charge in [-0.05, 0) is 37.6 Å². The molecule has 1 heterocycles. The fraction of sp³-hybridized carbons (Fsp3) is 0.533. The first kappa shape index (κ1) is 13.9. The Morgan fingerprint density at radius 3 is 2.79 bits per heavy atom. The predicted molar refractivity (Wildman–Crippen MR) is 75.4 cm³/mol. The van der Waals surface area contributed by atoms with Crippen molar-refractivity contribution in [1.29, 1.82) is 0 Å². The van der Waals surface area contributed by atoms with Crippen LogP contribution in [0, 0.1) is 0 Å². The number of methoxy groups -OCH3 is 1. The highest BCUT2D eigenvalue weighted by Gasteiger charge is 2.21. The van der Waals surface area contributed by atoms with Crippen LogP contribution < -0.4 is 10.1 Å². The molecule has 1 fully saturated rings. The Bertz CT molecular complexity index is 417. The Morgan fingerprint density at radius 1 is 1.37 bits per heavy atom. The summed E-state index contributed by atoms with van der Waals surface area (Å²) in [5.41, 5.74) is 1.04. The lowest BCUT2D eigenvalue weighted by Crippen LogP contribution is -2.40. The summed E-state index contributed by atoms with van der Waals surface area (Å²) in [4.78, 5) is 14.3. The Balaban J connectivity index is 1.98. The number of ether oxygens (including phenoxy) is 1. The summed E-state index contributed by atoms with van der Waals surface area (Å²) in [6.07, 6.45) is 1.49. The van der Waals surface area contributed by atoms with Gasteiger partial charge in [0, 0.05) is 19.1 Å². The molecule has 2 rings (SSSR count). The van der Waals surface area contributed by atoms with Crippen LogP contribution in [0.2, 0.25) is 0 Å². The minimum atomic E-state index is 0.210. The lowest BCUT2D eigenvalue weighted by atomic mass is 10.1. The van der Waals surface area contributed by atoms with Crippen LogP contribution in [0.3, 0.4) is 0 Å². The summed E-state index contributed by atoms with van der Waals surface area (Å²) >= 11 is 0. The van der Waals surface area contributed by atoms with Crippen LogP contribution in [-0.4, -0.2) is 43.6 Å². The van der Waals surface area contributed by atoms with Gasteiger partial charge in [0.05, 0.1) is 13.5 Å². The van der Waals surface area contributed by atoms with Crippen LogP contribution in [0.15, 0.2) is 24.3 Å². The third-order valence-electron chi connectivity index (χ3n) is 3.64. The van der Waals surface area contributed by atoms with Crippen LogP contribution in [-0.2, 0) is 11.2 Å². The maximum absolute atomic E-state index is 12.4. The van der Waals surface area contributed by atoms with Crippen molar-refractivity contribution in [3.05, 3.63) is 29.8 Å². The van der Waals surface area contributed by atoms with Gasteiger partial charge in [0.1, 0.15) is 5.75 Å². The molecule has 1 aliphatic heterocycles. The van der Waals surface area contributed by atoms with E-state index in [9.17, 15) is 4.79 Å². The summed E-state index contributed by atoms with van der Waals surface area (Å²) in [6.45, 7) is 4.81. The van der Waals surface area contributed by atoms with Gasteiger partial charge < -0.3 is 15.0 Å². The van der Waals surface area contributed by atoms with E-state index in [2.05, 4.69) is 12.2 Å². The van der Waals surface area contributed by atoms with Gasteiger partial charge in [-0.15, -0.1) is 0 Å². The molecule has 0 bridgehead atoms. The van der Waals surface area contributed by atoms with Crippen molar-refractivity contribution in [2.24, 2.45) is 0 Å². The number of rotatable bonds is 3. The van der Waals surface area contributed by atoms with E-state index in [0.29, 0.717) is 12.5 Å². The van der Waals surface area contributed by atoms with Crippen molar-refractivity contribution in [2.45, 2.75) is 25.8 Å². The summed E-state index contributed by atoms with van der Waals surface area (Å²) < 4.78 is 5.12. The second-order valence-corrected chi connectivity index (χ2v) is 5.00. The smallest absolute Gasteiger partial charge is 0.227 e. The number of nitrogens with zero attached hydrogens (tertiary/aromatic N) is 1. The molecule has 0 spiro atoms. The van der Waals surface area contributed by atoms with E-state index in [1.54, 1.807) is 7.11 Å². The monoisotopic (exact) mass is 262 g/mol. The molecule has 1 aromatic carbocycles. The van der Waals surface area contributed by atoms with E-state index in [1.165, 1.54) is 0 Å². The zero-order valence-corrected chi connectivity index (χ0v) is 11.7. The van der Waals surface area contributed by atoms with Crippen LogP contribution in [0.5, 0.6) is 5.75 Å². The zero-order chi connectivity index (χ0) is 13.7. The van der Waals surface area contributed by atoms with Gasteiger partial charge in [-0.2, -0.15) is 0 Å². The molecule has 4 heteroatoms. The van der Waals surface area contributed by atoms with E-state index < -0.39 is 0 Å². The minimum absolute atomic E-state index is 0.210. The SMILES string of the molecule is COc1ccc(CC(=O)N2CCNCCC2C)cc1. The van der Waals surface area contributed by atoms with E-state index >= 15 is 0 Å². The van der Waals surface area contributed by atoms with Crippen LogP contribution in [0.25, 0.3) is 0 Å². The molecule has 19 heavy (non-hydrogen) atoms. The van der Waals surface area contributed by atoms with Crippen molar-refractivity contribution in [3.63, 3.8) is 0 Å². The maximum Gasteiger partial charge on any atom is 0.227 e. The fourth-order valence-electron chi connectivity index (χ4n) is 2.40. The molecule has 1 aromatic rings. The van der Waals surface area contributed by atoms with Gasteiger partial charge in [-0.3, -0.25) is 4.79 Å². The highest BCUT2D eigenvalue weighted by molar-refractivity contribution is 5.79. The lowest BCUT2D eigenvalue weighted by molar-refractivity contribution is -0.132. The standard InChI is InChI=1S/C15H22N2O2/c1-12-7-8-16-9-10-17(12)15(18)11-13-3-5-14(19-2)6-4-13/h3-6,12,16H,7-11H2,1-2H3. The topological polar surface area (TPSA) is 41.6 Å². The minimum Gasteiger partial charge on any atom is -0.497 e. The first-order valence-electron chi connectivity index (χ1n) is 6.84. The molecule has 1 unspecified atom stereocenters. The number of nitrogens with one attached hydrogen (secondary N) is 1. The molecule has 4 nitrogen and oxygen atoms in total. The average molecular weight is 262 g/mol. The highest BCUT2D eigenvalue weighted by Crippen LogP contribution is 2.14. The average Bonchev–Trinajstić information content (AvgIpc) is 2.64. The van der Waals surface area contributed by atoms with Crippen molar-refractivity contribution in [2.75, 3.05) is 26.7 Å². The molecule has 0 aliphatic carbocycles. The summed E-state index contributed by atoms with van der Waals surface area (Å²) in [7, 11) is 1.64. The molecule has 104 valence electrons. The number of carbonyl (C=O) groups excluding carboxylic acids is 1. The van der Waals surface area contributed by atoms with Gasteiger partial charge in [0.15, 0.2) is 0 Å². The van der Waals surface area contributed by atoms with Crippen molar-refractivity contribution in [1.82, 2.24) is 10.2 Å². The number of carbonyl (C=O) groups is 1. The van der Waals surface area contributed by atoms with Crippen LogP contribution >= 0.6 is 0 Å². The molecule has 1 saturated heterocycles. The Labute approximate surface area is 114 Å². The highest BCUT2D eigenvalue weighted by atomic mass is 16.5. The van der Waals surface area contributed by atoms with E-state index in [-0.39, 0.29) is 5.91 Å². The normalized spacial score (nSPS) is 19.9. The van der Waals surface area contributed by atoms with Gasteiger partial charge in [-0.25, -0.2) is 0 Å². The largest absolute Gasteiger partial charge is 0.497 e. The molecule has 0 saturated carbocycles. The Hall–Kier alpha value is -1.55. The van der Waals surface area contributed by atoms with Crippen LogP contribution in [0.4, 0.5) is 0 Å². The second-order valence-electron chi connectivity index (χ2n) is 5.00. The summed E-state index contributed by atoms with van der Waals surface area (Å²) in [5, 5.41) is 3.33. The number of benzene rings is 1. The van der Waals surface area contributed by atoms with Crippen molar-refractivity contribution in [3.8, 4) is 5.75 Å². The third kappa shape index (κ3) is 3.70. The lowest BCUT2D eigenvalue weighted by Gasteiger charge is -2.26.